The first-order chi connectivity index (χ1) is 8.78. The molecule has 0 saturated carbocycles. The molecule has 1 atom stereocenters. The van der Waals surface area contributed by atoms with E-state index in [-0.39, 0.29) is 17.2 Å². The van der Waals surface area contributed by atoms with Crippen LogP contribution in [0.5, 0.6) is 0 Å². The molecule has 0 amide bonds. The standard InChI is InChI=1S/C16H25F2N/c1-12(9-10-19-16(2,3)4)5-6-13-11-14(17)7-8-15(13)18/h7-8,11-12,19H,5-6,9-10H2,1-4H3. The highest BCUT2D eigenvalue weighted by atomic mass is 19.1. The predicted molar refractivity (Wildman–Crippen MR) is 76.2 cm³/mol. The van der Waals surface area contributed by atoms with Crippen LogP contribution in [0.25, 0.3) is 0 Å². The van der Waals surface area contributed by atoms with E-state index in [1.807, 2.05) is 0 Å². The van der Waals surface area contributed by atoms with Gasteiger partial charge in [0.2, 0.25) is 0 Å². The molecule has 0 aromatic heterocycles. The lowest BCUT2D eigenvalue weighted by molar-refractivity contribution is 0.386. The molecular weight excluding hydrogens is 244 g/mol. The largest absolute Gasteiger partial charge is 0.312 e. The Morgan fingerprint density at radius 1 is 1.16 bits per heavy atom. The Bertz CT molecular complexity index is 396. The fourth-order valence-corrected chi connectivity index (χ4v) is 1.97. The molecule has 0 aliphatic heterocycles. The Morgan fingerprint density at radius 3 is 2.47 bits per heavy atom. The highest BCUT2D eigenvalue weighted by molar-refractivity contribution is 5.18. The SMILES string of the molecule is CC(CCNC(C)(C)C)CCc1cc(F)ccc1F. The molecule has 0 heterocycles. The van der Waals surface area contributed by atoms with E-state index in [0.29, 0.717) is 17.9 Å². The molecule has 1 N–H and O–H groups in total. The number of aryl methyl sites for hydroxylation is 1. The van der Waals surface area contributed by atoms with Crippen LogP contribution in [0.4, 0.5) is 8.78 Å². The van der Waals surface area contributed by atoms with Crippen LogP contribution in [0, 0.1) is 17.6 Å². The number of benzene rings is 1. The van der Waals surface area contributed by atoms with Crippen molar-refractivity contribution >= 4 is 0 Å². The summed E-state index contributed by atoms with van der Waals surface area (Å²) in [6.45, 7) is 9.53. The van der Waals surface area contributed by atoms with Crippen LogP contribution in [0.3, 0.4) is 0 Å². The maximum atomic E-state index is 13.4. The van der Waals surface area contributed by atoms with Crippen molar-refractivity contribution in [3.05, 3.63) is 35.4 Å². The molecule has 0 fully saturated rings. The number of hydrogen-bond donors (Lipinski definition) is 1. The number of nitrogens with one attached hydrogen (secondary N) is 1. The summed E-state index contributed by atoms with van der Waals surface area (Å²) in [4.78, 5) is 0. The third-order valence-corrected chi connectivity index (χ3v) is 3.21. The van der Waals surface area contributed by atoms with Crippen LogP contribution >= 0.6 is 0 Å². The van der Waals surface area contributed by atoms with Crippen molar-refractivity contribution in [3.8, 4) is 0 Å². The van der Waals surface area contributed by atoms with Gasteiger partial charge in [-0.15, -0.1) is 0 Å². The van der Waals surface area contributed by atoms with Gasteiger partial charge in [0.1, 0.15) is 11.6 Å². The zero-order valence-corrected chi connectivity index (χ0v) is 12.4. The third kappa shape index (κ3) is 6.67. The smallest absolute Gasteiger partial charge is 0.126 e. The Morgan fingerprint density at radius 2 is 1.84 bits per heavy atom. The Kier molecular flexibility index (Phi) is 5.92. The van der Waals surface area contributed by atoms with Gasteiger partial charge in [-0.1, -0.05) is 6.92 Å². The highest BCUT2D eigenvalue weighted by Gasteiger charge is 2.10. The van der Waals surface area contributed by atoms with Crippen molar-refractivity contribution in [2.24, 2.45) is 5.92 Å². The summed E-state index contributed by atoms with van der Waals surface area (Å²) in [5.41, 5.74) is 0.615. The topological polar surface area (TPSA) is 12.0 Å². The van der Waals surface area contributed by atoms with E-state index in [9.17, 15) is 8.78 Å². The first kappa shape index (κ1) is 16.1. The second-order valence-electron chi connectivity index (χ2n) is 6.35. The number of rotatable bonds is 6. The Hall–Kier alpha value is -0.960. The molecular formula is C16H25F2N. The quantitative estimate of drug-likeness (QED) is 0.811. The van der Waals surface area contributed by atoms with E-state index in [1.54, 1.807) is 0 Å². The minimum atomic E-state index is -0.363. The van der Waals surface area contributed by atoms with Gasteiger partial charge < -0.3 is 5.32 Å². The highest BCUT2D eigenvalue weighted by Crippen LogP contribution is 2.16. The van der Waals surface area contributed by atoms with Gasteiger partial charge in [0, 0.05) is 5.54 Å². The molecule has 1 nitrogen and oxygen atoms in total. The zero-order valence-electron chi connectivity index (χ0n) is 12.4. The molecule has 0 saturated heterocycles. The summed E-state index contributed by atoms with van der Waals surface area (Å²) in [5.74, 6) is -0.169. The van der Waals surface area contributed by atoms with Crippen LogP contribution in [-0.2, 0) is 6.42 Å². The first-order valence-corrected chi connectivity index (χ1v) is 6.97. The minimum Gasteiger partial charge on any atom is -0.312 e. The van der Waals surface area contributed by atoms with E-state index >= 15 is 0 Å². The third-order valence-electron chi connectivity index (χ3n) is 3.21. The van der Waals surface area contributed by atoms with E-state index in [2.05, 4.69) is 33.0 Å². The van der Waals surface area contributed by atoms with Crippen LogP contribution in [0.15, 0.2) is 18.2 Å². The van der Waals surface area contributed by atoms with Crippen LogP contribution in [0.1, 0.15) is 46.1 Å². The lowest BCUT2D eigenvalue weighted by Gasteiger charge is -2.22. The molecule has 1 aromatic rings. The summed E-state index contributed by atoms with van der Waals surface area (Å²) in [6.07, 6.45) is 2.53. The molecule has 1 aromatic carbocycles. The fraction of sp³-hybridized carbons (Fsp3) is 0.625. The summed E-state index contributed by atoms with van der Waals surface area (Å²) in [7, 11) is 0. The summed E-state index contributed by atoms with van der Waals surface area (Å²) >= 11 is 0. The average Bonchev–Trinajstić information content (AvgIpc) is 2.28. The molecule has 19 heavy (non-hydrogen) atoms. The monoisotopic (exact) mass is 269 g/mol. The second kappa shape index (κ2) is 6.99. The Labute approximate surface area is 115 Å². The van der Waals surface area contributed by atoms with Crippen molar-refractivity contribution in [1.29, 1.82) is 0 Å². The lowest BCUT2D eigenvalue weighted by atomic mass is 9.97. The summed E-state index contributed by atoms with van der Waals surface area (Å²) < 4.78 is 26.5. The Balaban J connectivity index is 2.34. The summed E-state index contributed by atoms with van der Waals surface area (Å²) in [5, 5.41) is 3.44. The van der Waals surface area contributed by atoms with Crippen LogP contribution < -0.4 is 5.32 Å². The van der Waals surface area contributed by atoms with E-state index in [1.165, 1.54) is 12.1 Å². The molecule has 0 spiro atoms. The van der Waals surface area contributed by atoms with Gasteiger partial charge in [-0.05, 0) is 76.3 Å². The van der Waals surface area contributed by atoms with Gasteiger partial charge in [0.25, 0.3) is 0 Å². The lowest BCUT2D eigenvalue weighted by Crippen LogP contribution is -2.36. The number of hydrogen-bond acceptors (Lipinski definition) is 1. The normalized spacial score (nSPS) is 13.6. The van der Waals surface area contributed by atoms with Crippen molar-refractivity contribution in [3.63, 3.8) is 0 Å². The zero-order chi connectivity index (χ0) is 14.5. The van der Waals surface area contributed by atoms with Gasteiger partial charge in [-0.25, -0.2) is 8.78 Å². The van der Waals surface area contributed by atoms with Gasteiger partial charge in [-0.2, -0.15) is 0 Å². The van der Waals surface area contributed by atoms with E-state index < -0.39 is 0 Å². The van der Waals surface area contributed by atoms with Gasteiger partial charge >= 0.3 is 0 Å². The second-order valence-corrected chi connectivity index (χ2v) is 6.35. The summed E-state index contributed by atoms with van der Waals surface area (Å²) in [6, 6.07) is 3.67. The predicted octanol–water partition coefficient (Wildman–Crippen LogP) is 4.31. The van der Waals surface area contributed by atoms with Crippen molar-refractivity contribution in [2.45, 2.75) is 52.5 Å². The molecule has 0 aliphatic carbocycles. The van der Waals surface area contributed by atoms with Gasteiger partial charge in [-0.3, -0.25) is 0 Å². The van der Waals surface area contributed by atoms with Crippen LogP contribution in [-0.4, -0.2) is 12.1 Å². The average molecular weight is 269 g/mol. The first-order valence-electron chi connectivity index (χ1n) is 6.97. The maximum Gasteiger partial charge on any atom is 0.126 e. The number of halogens is 2. The van der Waals surface area contributed by atoms with E-state index in [4.69, 9.17) is 0 Å². The molecule has 0 radical (unpaired) electrons. The molecule has 1 unspecified atom stereocenters. The molecule has 3 heteroatoms. The van der Waals surface area contributed by atoms with Crippen molar-refractivity contribution in [2.75, 3.05) is 6.54 Å². The fourth-order valence-electron chi connectivity index (χ4n) is 1.97. The molecule has 1 rings (SSSR count). The van der Waals surface area contributed by atoms with Gasteiger partial charge in [0.05, 0.1) is 0 Å². The van der Waals surface area contributed by atoms with Crippen molar-refractivity contribution < 1.29 is 8.78 Å². The van der Waals surface area contributed by atoms with E-state index in [0.717, 1.165) is 25.5 Å². The molecule has 0 bridgehead atoms. The van der Waals surface area contributed by atoms with Crippen molar-refractivity contribution in [1.82, 2.24) is 5.32 Å². The molecule has 108 valence electrons. The molecule has 0 aliphatic rings. The minimum absolute atomic E-state index is 0.133. The maximum absolute atomic E-state index is 13.4. The van der Waals surface area contributed by atoms with Crippen LogP contribution in [0.2, 0.25) is 0 Å². The van der Waals surface area contributed by atoms with Gasteiger partial charge in [0.15, 0.2) is 0 Å².